The van der Waals surface area contributed by atoms with Gasteiger partial charge in [-0.3, -0.25) is 4.79 Å². The molecule has 2 aromatic carbocycles. The van der Waals surface area contributed by atoms with E-state index in [1.54, 1.807) is 6.07 Å². The first-order valence-electron chi connectivity index (χ1n) is 6.71. The van der Waals surface area contributed by atoms with Crippen LogP contribution in [0.4, 0.5) is 15.8 Å². The maximum absolute atomic E-state index is 13.2. The maximum atomic E-state index is 13.2. The van der Waals surface area contributed by atoms with E-state index in [1.807, 2.05) is 18.2 Å². The lowest BCUT2D eigenvalue weighted by Crippen LogP contribution is -2.15. The number of hydrogen-bond acceptors (Lipinski definition) is 2. The lowest BCUT2D eigenvalue weighted by Gasteiger charge is -2.12. The SMILES string of the molecule is CCCNc1ccccc1C(=O)Nc1ccc(F)c(Br)c1. The van der Waals surface area contributed by atoms with Crippen molar-refractivity contribution in [1.82, 2.24) is 0 Å². The molecular weight excluding hydrogens is 335 g/mol. The molecule has 2 aromatic rings. The zero-order chi connectivity index (χ0) is 15.2. The third-order valence-electron chi connectivity index (χ3n) is 2.91. The van der Waals surface area contributed by atoms with Crippen LogP contribution in [-0.2, 0) is 0 Å². The molecule has 0 aromatic heterocycles. The van der Waals surface area contributed by atoms with E-state index in [4.69, 9.17) is 0 Å². The summed E-state index contributed by atoms with van der Waals surface area (Å²) in [6.45, 7) is 2.86. The van der Waals surface area contributed by atoms with E-state index in [9.17, 15) is 9.18 Å². The van der Waals surface area contributed by atoms with Gasteiger partial charge >= 0.3 is 0 Å². The molecule has 0 saturated carbocycles. The van der Waals surface area contributed by atoms with Crippen LogP contribution in [0.2, 0.25) is 0 Å². The highest BCUT2D eigenvalue weighted by molar-refractivity contribution is 9.10. The number of halogens is 2. The van der Waals surface area contributed by atoms with Crippen molar-refractivity contribution in [2.24, 2.45) is 0 Å². The van der Waals surface area contributed by atoms with Crippen LogP contribution < -0.4 is 10.6 Å². The van der Waals surface area contributed by atoms with E-state index < -0.39 is 0 Å². The molecule has 0 bridgehead atoms. The molecule has 0 aliphatic rings. The summed E-state index contributed by atoms with van der Waals surface area (Å²) in [7, 11) is 0. The number of nitrogens with one attached hydrogen (secondary N) is 2. The summed E-state index contributed by atoms with van der Waals surface area (Å²) in [5, 5.41) is 5.99. The van der Waals surface area contributed by atoms with Gasteiger partial charge in [-0.15, -0.1) is 0 Å². The van der Waals surface area contributed by atoms with E-state index in [0.717, 1.165) is 18.7 Å². The van der Waals surface area contributed by atoms with Crippen LogP contribution in [0.5, 0.6) is 0 Å². The minimum atomic E-state index is -0.363. The van der Waals surface area contributed by atoms with Gasteiger partial charge in [-0.25, -0.2) is 4.39 Å². The van der Waals surface area contributed by atoms with Gasteiger partial charge in [0.1, 0.15) is 5.82 Å². The Kier molecular flexibility index (Phi) is 5.33. The van der Waals surface area contributed by atoms with E-state index in [-0.39, 0.29) is 11.7 Å². The molecule has 5 heteroatoms. The van der Waals surface area contributed by atoms with Gasteiger partial charge in [-0.05, 0) is 52.7 Å². The van der Waals surface area contributed by atoms with Gasteiger partial charge in [-0.1, -0.05) is 19.1 Å². The van der Waals surface area contributed by atoms with Gasteiger partial charge in [0.05, 0.1) is 10.0 Å². The van der Waals surface area contributed by atoms with Crippen molar-refractivity contribution in [1.29, 1.82) is 0 Å². The van der Waals surface area contributed by atoms with Gasteiger partial charge in [0.25, 0.3) is 5.91 Å². The second-order valence-electron chi connectivity index (χ2n) is 4.56. The van der Waals surface area contributed by atoms with Crippen LogP contribution in [0.3, 0.4) is 0 Å². The van der Waals surface area contributed by atoms with Gasteiger partial charge in [0.15, 0.2) is 0 Å². The molecule has 0 saturated heterocycles. The minimum absolute atomic E-state index is 0.229. The number of amides is 1. The number of para-hydroxylation sites is 1. The second-order valence-corrected chi connectivity index (χ2v) is 5.41. The van der Waals surface area contributed by atoms with Crippen LogP contribution in [-0.4, -0.2) is 12.5 Å². The third-order valence-corrected chi connectivity index (χ3v) is 3.52. The van der Waals surface area contributed by atoms with Crippen LogP contribution in [0, 0.1) is 5.82 Å². The van der Waals surface area contributed by atoms with Crippen LogP contribution >= 0.6 is 15.9 Å². The Morgan fingerprint density at radius 3 is 2.71 bits per heavy atom. The molecule has 1 amide bonds. The van der Waals surface area contributed by atoms with Crippen LogP contribution in [0.25, 0.3) is 0 Å². The molecule has 3 nitrogen and oxygen atoms in total. The van der Waals surface area contributed by atoms with Crippen molar-refractivity contribution in [3.63, 3.8) is 0 Å². The summed E-state index contributed by atoms with van der Waals surface area (Å²) < 4.78 is 13.5. The maximum Gasteiger partial charge on any atom is 0.257 e. The number of rotatable bonds is 5. The highest BCUT2D eigenvalue weighted by Crippen LogP contribution is 2.22. The van der Waals surface area contributed by atoms with E-state index in [1.165, 1.54) is 18.2 Å². The predicted molar refractivity (Wildman–Crippen MR) is 87.3 cm³/mol. The topological polar surface area (TPSA) is 41.1 Å². The Hall–Kier alpha value is -1.88. The van der Waals surface area contributed by atoms with Gasteiger partial charge in [-0.2, -0.15) is 0 Å². The molecule has 0 atom stereocenters. The fourth-order valence-corrected chi connectivity index (χ4v) is 2.25. The molecule has 0 heterocycles. The summed E-state index contributed by atoms with van der Waals surface area (Å²) in [4.78, 5) is 12.3. The Labute approximate surface area is 131 Å². The second kappa shape index (κ2) is 7.22. The fourth-order valence-electron chi connectivity index (χ4n) is 1.87. The van der Waals surface area contributed by atoms with Crippen molar-refractivity contribution >= 4 is 33.2 Å². The summed E-state index contributed by atoms with van der Waals surface area (Å²) in [5.74, 6) is -0.592. The van der Waals surface area contributed by atoms with Crippen molar-refractivity contribution in [2.75, 3.05) is 17.2 Å². The molecule has 2 N–H and O–H groups in total. The number of anilines is 2. The van der Waals surface area contributed by atoms with Crippen molar-refractivity contribution in [3.05, 3.63) is 58.3 Å². The highest BCUT2D eigenvalue weighted by Gasteiger charge is 2.11. The lowest BCUT2D eigenvalue weighted by molar-refractivity contribution is 0.102. The van der Waals surface area contributed by atoms with Gasteiger partial charge in [0, 0.05) is 17.9 Å². The summed E-state index contributed by atoms with van der Waals surface area (Å²) in [5.41, 5.74) is 1.89. The van der Waals surface area contributed by atoms with E-state index in [2.05, 4.69) is 33.5 Å². The quantitative estimate of drug-likeness (QED) is 0.823. The van der Waals surface area contributed by atoms with Gasteiger partial charge in [0.2, 0.25) is 0 Å². The molecule has 0 radical (unpaired) electrons. The minimum Gasteiger partial charge on any atom is -0.384 e. The zero-order valence-corrected chi connectivity index (χ0v) is 13.2. The first-order valence-corrected chi connectivity index (χ1v) is 7.50. The molecule has 0 aliphatic carbocycles. The van der Waals surface area contributed by atoms with Crippen molar-refractivity contribution < 1.29 is 9.18 Å². The number of benzene rings is 2. The average Bonchev–Trinajstić information content (AvgIpc) is 2.49. The molecular formula is C16H16BrFN2O. The molecule has 0 aliphatic heterocycles. The zero-order valence-electron chi connectivity index (χ0n) is 11.6. The molecule has 2 rings (SSSR count). The highest BCUT2D eigenvalue weighted by atomic mass is 79.9. The largest absolute Gasteiger partial charge is 0.384 e. The number of carbonyl (C=O) groups excluding carboxylic acids is 1. The van der Waals surface area contributed by atoms with Crippen molar-refractivity contribution in [2.45, 2.75) is 13.3 Å². The number of carbonyl (C=O) groups is 1. The molecule has 110 valence electrons. The molecule has 0 spiro atoms. The summed E-state index contributed by atoms with van der Waals surface area (Å²) in [6, 6.07) is 11.7. The van der Waals surface area contributed by atoms with Crippen LogP contribution in [0.15, 0.2) is 46.9 Å². The Morgan fingerprint density at radius 2 is 2.00 bits per heavy atom. The van der Waals surface area contributed by atoms with E-state index in [0.29, 0.717) is 15.7 Å². The molecule has 0 fully saturated rings. The van der Waals surface area contributed by atoms with Gasteiger partial charge < -0.3 is 10.6 Å². The predicted octanol–water partition coefficient (Wildman–Crippen LogP) is 4.66. The Balaban J connectivity index is 2.18. The Bertz CT molecular complexity index is 646. The van der Waals surface area contributed by atoms with Crippen LogP contribution in [0.1, 0.15) is 23.7 Å². The molecule has 21 heavy (non-hydrogen) atoms. The monoisotopic (exact) mass is 350 g/mol. The average molecular weight is 351 g/mol. The standard InChI is InChI=1S/C16H16BrFN2O/c1-2-9-19-15-6-4-3-5-12(15)16(21)20-11-7-8-14(18)13(17)10-11/h3-8,10,19H,2,9H2,1H3,(H,20,21). The summed E-state index contributed by atoms with van der Waals surface area (Å²) >= 11 is 3.10. The third kappa shape index (κ3) is 4.04. The number of hydrogen-bond donors (Lipinski definition) is 2. The normalized spacial score (nSPS) is 10.2. The first-order chi connectivity index (χ1) is 10.1. The summed E-state index contributed by atoms with van der Waals surface area (Å²) in [6.07, 6.45) is 0.973. The first kappa shape index (κ1) is 15.5. The van der Waals surface area contributed by atoms with Crippen molar-refractivity contribution in [3.8, 4) is 0 Å². The lowest BCUT2D eigenvalue weighted by atomic mass is 10.1. The molecule has 0 unspecified atom stereocenters. The smallest absolute Gasteiger partial charge is 0.257 e. The Morgan fingerprint density at radius 1 is 1.24 bits per heavy atom. The van der Waals surface area contributed by atoms with E-state index >= 15 is 0 Å². The fraction of sp³-hybridized carbons (Fsp3) is 0.188.